The normalized spacial score (nSPS) is 10.3. The van der Waals surface area contributed by atoms with Gasteiger partial charge in [-0.1, -0.05) is 11.6 Å². The molecule has 100 valence electrons. The molecule has 5 nitrogen and oxygen atoms in total. The molecule has 19 heavy (non-hydrogen) atoms. The highest BCUT2D eigenvalue weighted by Gasteiger charge is 2.11. The van der Waals surface area contributed by atoms with E-state index in [4.69, 9.17) is 27.9 Å². The van der Waals surface area contributed by atoms with Gasteiger partial charge >= 0.3 is 0 Å². The Morgan fingerprint density at radius 1 is 1.32 bits per heavy atom. The highest BCUT2D eigenvalue weighted by molar-refractivity contribution is 6.32. The number of aryl methyl sites for hydroxylation is 1. The van der Waals surface area contributed by atoms with E-state index in [0.29, 0.717) is 17.3 Å². The number of nitrogens with zero attached hydrogens (tertiary/aromatic N) is 2. The Morgan fingerprint density at radius 2 is 2.05 bits per heavy atom. The molecule has 0 radical (unpaired) electrons. The van der Waals surface area contributed by atoms with Gasteiger partial charge in [0.15, 0.2) is 0 Å². The first-order valence-corrected chi connectivity index (χ1v) is 6.09. The number of methoxy groups -OCH3 is 1. The molecule has 0 fully saturated rings. The van der Waals surface area contributed by atoms with Gasteiger partial charge in [0.05, 0.1) is 17.8 Å². The van der Waals surface area contributed by atoms with Gasteiger partial charge in [0.1, 0.15) is 17.3 Å². The number of halogens is 2. The van der Waals surface area contributed by atoms with Gasteiger partial charge in [0.25, 0.3) is 0 Å². The van der Waals surface area contributed by atoms with Crippen LogP contribution in [0.3, 0.4) is 0 Å². The van der Waals surface area contributed by atoms with Gasteiger partial charge in [-0.05, 0) is 18.5 Å². The average Bonchev–Trinajstić information content (AvgIpc) is 2.38. The minimum absolute atomic E-state index is 0.0530. The number of hydrogen-bond donors (Lipinski definition) is 2. The number of aromatic nitrogens is 2. The van der Waals surface area contributed by atoms with Crippen LogP contribution in [-0.4, -0.2) is 22.2 Å². The monoisotopic (exact) mass is 299 g/mol. The zero-order chi connectivity index (χ0) is 14.0. The summed E-state index contributed by atoms with van der Waals surface area (Å²) in [4.78, 5) is 7.94. The van der Waals surface area contributed by atoms with E-state index in [1.807, 2.05) is 6.92 Å². The number of ether oxygens (including phenoxy) is 1. The zero-order valence-corrected chi connectivity index (χ0v) is 11.7. The third-order valence-corrected chi connectivity index (χ3v) is 2.95. The van der Waals surface area contributed by atoms with Gasteiger partial charge in [0, 0.05) is 23.9 Å². The van der Waals surface area contributed by atoms with Crippen LogP contribution in [0.25, 0.3) is 0 Å². The van der Waals surface area contributed by atoms with Crippen molar-refractivity contribution in [2.24, 2.45) is 0 Å². The van der Waals surface area contributed by atoms with E-state index in [1.54, 1.807) is 6.20 Å². The molecule has 2 aromatic rings. The molecule has 0 aliphatic carbocycles. The molecule has 0 aliphatic heterocycles. The molecular formula is C12H11Cl2N3O2. The third kappa shape index (κ3) is 3.00. The number of aromatic hydroxyl groups is 1. The largest absolute Gasteiger partial charge is 0.506 e. The Balaban J connectivity index is 2.42. The van der Waals surface area contributed by atoms with Crippen molar-refractivity contribution in [3.63, 3.8) is 0 Å². The Hall–Kier alpha value is -1.72. The van der Waals surface area contributed by atoms with Crippen molar-refractivity contribution in [3.8, 4) is 11.5 Å². The van der Waals surface area contributed by atoms with Gasteiger partial charge in [-0.15, -0.1) is 0 Å². The summed E-state index contributed by atoms with van der Waals surface area (Å²) in [5.74, 6) is 0.958. The minimum Gasteiger partial charge on any atom is -0.506 e. The van der Waals surface area contributed by atoms with Crippen LogP contribution in [0.5, 0.6) is 11.5 Å². The molecule has 0 bridgehead atoms. The number of rotatable bonds is 3. The molecule has 0 unspecified atom stereocenters. The predicted octanol–water partition coefficient (Wildman–Crippen LogP) is 3.55. The van der Waals surface area contributed by atoms with Crippen LogP contribution < -0.4 is 10.1 Å². The summed E-state index contributed by atoms with van der Waals surface area (Å²) in [6, 6.07) is 2.97. The van der Waals surface area contributed by atoms with Gasteiger partial charge in [-0.2, -0.15) is 0 Å². The lowest BCUT2D eigenvalue weighted by Gasteiger charge is -2.13. The number of anilines is 2. The average molecular weight is 300 g/mol. The molecule has 7 heteroatoms. The van der Waals surface area contributed by atoms with Crippen molar-refractivity contribution < 1.29 is 9.84 Å². The summed E-state index contributed by atoms with van der Waals surface area (Å²) in [5.41, 5.74) is 1.34. The molecule has 1 heterocycles. The van der Waals surface area contributed by atoms with Crippen LogP contribution in [0, 0.1) is 6.92 Å². The molecular weight excluding hydrogens is 289 g/mol. The summed E-state index contributed by atoms with van der Waals surface area (Å²) < 4.78 is 5.19. The fraction of sp³-hybridized carbons (Fsp3) is 0.167. The van der Waals surface area contributed by atoms with Gasteiger partial charge in [-0.3, -0.25) is 0 Å². The van der Waals surface area contributed by atoms with Crippen molar-refractivity contribution in [2.75, 3.05) is 12.4 Å². The molecule has 0 aliphatic rings. The van der Waals surface area contributed by atoms with E-state index in [-0.39, 0.29) is 16.1 Å². The first-order chi connectivity index (χ1) is 9.01. The molecule has 1 aromatic heterocycles. The Bertz CT molecular complexity index is 620. The Kier molecular flexibility index (Phi) is 3.97. The summed E-state index contributed by atoms with van der Waals surface area (Å²) >= 11 is 11.6. The van der Waals surface area contributed by atoms with E-state index in [0.717, 1.165) is 5.56 Å². The fourth-order valence-electron chi connectivity index (χ4n) is 1.48. The molecule has 0 spiro atoms. The quantitative estimate of drug-likeness (QED) is 0.848. The van der Waals surface area contributed by atoms with Crippen LogP contribution in [0.4, 0.5) is 11.5 Å². The highest BCUT2D eigenvalue weighted by atomic mass is 35.5. The second-order valence-electron chi connectivity index (χ2n) is 3.80. The molecule has 0 saturated heterocycles. The van der Waals surface area contributed by atoms with E-state index in [2.05, 4.69) is 15.3 Å². The minimum atomic E-state index is -0.0530. The predicted molar refractivity (Wildman–Crippen MR) is 74.7 cm³/mol. The Morgan fingerprint density at radius 3 is 2.74 bits per heavy atom. The van der Waals surface area contributed by atoms with Crippen LogP contribution >= 0.6 is 23.2 Å². The standard InChI is InChI=1S/C12H11Cl2N3O2/c1-6-5-15-12(14)17-11(6)16-8-4-9(18)7(13)3-10(8)19-2/h3-5,18H,1-2H3,(H,15,16,17). The maximum Gasteiger partial charge on any atom is 0.224 e. The lowest BCUT2D eigenvalue weighted by atomic mass is 10.2. The summed E-state index contributed by atoms with van der Waals surface area (Å²) in [7, 11) is 1.51. The molecule has 1 aromatic carbocycles. The number of phenolic OH excluding ortho intramolecular Hbond substituents is 1. The van der Waals surface area contributed by atoms with Crippen LogP contribution in [0.2, 0.25) is 10.3 Å². The van der Waals surface area contributed by atoms with Gasteiger partial charge < -0.3 is 15.2 Å². The maximum atomic E-state index is 9.64. The smallest absolute Gasteiger partial charge is 0.224 e. The molecule has 0 saturated carbocycles. The number of benzene rings is 1. The van der Waals surface area contributed by atoms with Gasteiger partial charge in [0.2, 0.25) is 5.28 Å². The van der Waals surface area contributed by atoms with Gasteiger partial charge in [-0.25, -0.2) is 9.97 Å². The van der Waals surface area contributed by atoms with Crippen molar-refractivity contribution in [3.05, 3.63) is 34.2 Å². The molecule has 0 atom stereocenters. The SMILES string of the molecule is COc1cc(Cl)c(O)cc1Nc1nc(Cl)ncc1C. The third-order valence-electron chi connectivity index (χ3n) is 2.46. The topological polar surface area (TPSA) is 67.3 Å². The maximum absolute atomic E-state index is 9.64. The number of hydrogen-bond acceptors (Lipinski definition) is 5. The van der Waals surface area contributed by atoms with Crippen LogP contribution in [0.1, 0.15) is 5.56 Å². The highest BCUT2D eigenvalue weighted by Crippen LogP contribution is 2.36. The molecule has 2 N–H and O–H groups in total. The van der Waals surface area contributed by atoms with E-state index >= 15 is 0 Å². The van der Waals surface area contributed by atoms with Crippen LogP contribution in [-0.2, 0) is 0 Å². The Labute approximate surface area is 120 Å². The number of nitrogens with one attached hydrogen (secondary N) is 1. The first-order valence-electron chi connectivity index (χ1n) is 5.34. The van der Waals surface area contributed by atoms with Crippen LogP contribution in [0.15, 0.2) is 18.3 Å². The number of phenols is 1. The van der Waals surface area contributed by atoms with Crippen molar-refractivity contribution in [2.45, 2.75) is 6.92 Å². The first kappa shape index (κ1) is 13.7. The van der Waals surface area contributed by atoms with Crippen molar-refractivity contribution in [1.82, 2.24) is 9.97 Å². The van der Waals surface area contributed by atoms with Crippen molar-refractivity contribution >= 4 is 34.7 Å². The summed E-state index contributed by atoms with van der Waals surface area (Å²) in [5, 5.41) is 13.0. The lowest BCUT2D eigenvalue weighted by Crippen LogP contribution is -2.00. The summed E-state index contributed by atoms with van der Waals surface area (Å²) in [6.45, 7) is 1.83. The zero-order valence-electron chi connectivity index (χ0n) is 10.2. The van der Waals surface area contributed by atoms with Crippen molar-refractivity contribution in [1.29, 1.82) is 0 Å². The lowest BCUT2D eigenvalue weighted by molar-refractivity contribution is 0.414. The molecule has 0 amide bonds. The second kappa shape index (κ2) is 5.50. The summed E-state index contributed by atoms with van der Waals surface area (Å²) in [6.07, 6.45) is 1.60. The van der Waals surface area contributed by atoms with E-state index in [1.165, 1.54) is 19.2 Å². The van der Waals surface area contributed by atoms with E-state index in [9.17, 15) is 5.11 Å². The molecule has 2 rings (SSSR count). The van der Waals surface area contributed by atoms with E-state index < -0.39 is 0 Å². The fourth-order valence-corrected chi connectivity index (χ4v) is 1.77. The second-order valence-corrected chi connectivity index (χ2v) is 4.54.